The summed E-state index contributed by atoms with van der Waals surface area (Å²) in [5, 5.41) is 2.60. The third-order valence-corrected chi connectivity index (χ3v) is 21.4. The Bertz CT molecular complexity index is 4290. The second kappa shape index (κ2) is 18.2. The van der Waals surface area contributed by atoms with Gasteiger partial charge in [-0.15, -0.1) is 0 Å². The molecule has 0 bridgehead atoms. The Hall–Kier alpha value is -9.13. The van der Waals surface area contributed by atoms with Gasteiger partial charge in [-0.3, -0.25) is 0 Å². The molecular formula is C70H44B2N4O2Se2. The van der Waals surface area contributed by atoms with Crippen molar-refractivity contribution in [2.45, 2.75) is 0 Å². The Labute approximate surface area is 476 Å². The molecule has 6 nitrogen and oxygen atoms in total. The van der Waals surface area contributed by atoms with Crippen molar-refractivity contribution in [2.24, 2.45) is 0 Å². The van der Waals surface area contributed by atoms with E-state index in [0.29, 0.717) is 0 Å². The molecule has 0 unspecified atom stereocenters. The summed E-state index contributed by atoms with van der Waals surface area (Å²) < 4.78 is 19.8. The molecule has 4 aliphatic heterocycles. The first-order valence-electron chi connectivity index (χ1n) is 27.1. The van der Waals surface area contributed by atoms with Gasteiger partial charge in [-0.05, 0) is 0 Å². The summed E-state index contributed by atoms with van der Waals surface area (Å²) in [5.41, 5.74) is 18.9. The summed E-state index contributed by atoms with van der Waals surface area (Å²) in [7, 11) is 0. The van der Waals surface area contributed by atoms with Gasteiger partial charge in [0, 0.05) is 0 Å². The van der Waals surface area contributed by atoms with Crippen LogP contribution in [0.15, 0.2) is 267 Å². The number of benzene rings is 11. The Morgan fingerprint density at radius 3 is 0.963 bits per heavy atom. The SMILES string of the molecule is c1ccc(Oc2cc3c4c(c2)N(c2ccccc2)c2c([se]c5ccccc25)B4c2cc4c(cc2N3c2ccccc2)N(c2ccccc2)c2cc(Oc3ccccc3)cc3c2B4c2[se]c4ccccc4c2N3c2ccccc2)cc1. The molecule has 6 heterocycles. The van der Waals surface area contributed by atoms with Gasteiger partial charge in [0.05, 0.1) is 0 Å². The van der Waals surface area contributed by atoms with Crippen LogP contribution in [-0.2, 0) is 0 Å². The quantitative estimate of drug-likeness (QED) is 0.141. The molecule has 0 saturated carbocycles. The van der Waals surface area contributed by atoms with Gasteiger partial charge in [0.15, 0.2) is 0 Å². The fraction of sp³-hybridized carbons (Fsp3) is 0. The Morgan fingerprint density at radius 2 is 0.588 bits per heavy atom. The van der Waals surface area contributed by atoms with E-state index in [2.05, 4.69) is 226 Å². The summed E-state index contributed by atoms with van der Waals surface area (Å²) in [6, 6.07) is 97.0. The van der Waals surface area contributed by atoms with Crippen molar-refractivity contribution in [1.82, 2.24) is 0 Å². The fourth-order valence-electron chi connectivity index (χ4n) is 13.1. The summed E-state index contributed by atoms with van der Waals surface area (Å²) in [6.45, 7) is -0.129. The van der Waals surface area contributed by atoms with Crippen LogP contribution >= 0.6 is 0 Å². The zero-order valence-corrected chi connectivity index (χ0v) is 46.4. The number of ether oxygens (including phenoxy) is 2. The van der Waals surface area contributed by atoms with Crippen molar-refractivity contribution in [3.05, 3.63) is 267 Å². The minimum absolute atomic E-state index is 0.0117. The van der Waals surface area contributed by atoms with Gasteiger partial charge in [0.25, 0.3) is 0 Å². The summed E-state index contributed by atoms with van der Waals surface area (Å²) in [5.74, 6) is 3.13. The average molecular weight is 1150 g/mol. The average Bonchev–Trinajstić information content (AvgIpc) is 2.59. The topological polar surface area (TPSA) is 31.4 Å². The van der Waals surface area contributed by atoms with E-state index in [1.165, 1.54) is 61.2 Å². The normalized spacial score (nSPS) is 13.3. The second-order valence-corrected chi connectivity index (χ2v) is 25.3. The summed E-state index contributed by atoms with van der Waals surface area (Å²) in [6.07, 6.45) is 0. The molecule has 80 heavy (non-hydrogen) atoms. The molecule has 2 aromatic heterocycles. The van der Waals surface area contributed by atoms with Crippen molar-refractivity contribution in [2.75, 3.05) is 19.6 Å². The van der Waals surface area contributed by atoms with Crippen molar-refractivity contribution in [3.8, 4) is 23.0 Å². The standard InChI is InChI=1S/C70H44B2N4O2Se2/c1-7-23-45(24-8-1)73-57-44-58-56(43-55(57)71-65-59(73)39-51(77-49-31-15-5-16-32-49)41-61(65)75(47-27-11-3-12-28-47)67-53-35-19-21-37-63(53)79-69(67)71)72-66-60(74(58)46-25-9-2-10-26-46)40-52(78-50-33-17-6-18-34-50)42-62(66)76(48-29-13-4-14-30-48)68-54-36-20-22-38-64(54)80-70(68)72/h1-44H. The number of hydrogen-bond acceptors (Lipinski definition) is 6. The van der Waals surface area contributed by atoms with Crippen LogP contribution in [0.4, 0.5) is 68.2 Å². The molecule has 10 heteroatoms. The third kappa shape index (κ3) is 7.00. The molecule has 4 aliphatic rings. The molecule has 0 amide bonds. The molecule has 0 N–H and O–H groups in total. The van der Waals surface area contributed by atoms with E-state index >= 15 is 0 Å². The van der Waals surface area contributed by atoms with Crippen LogP contribution in [0.5, 0.6) is 23.0 Å². The van der Waals surface area contributed by atoms with E-state index < -0.39 is 0 Å². The molecule has 0 aliphatic carbocycles. The third-order valence-electron chi connectivity index (χ3n) is 16.2. The molecule has 11 aromatic carbocycles. The second-order valence-electron chi connectivity index (χ2n) is 20.7. The van der Waals surface area contributed by atoms with Gasteiger partial charge < -0.3 is 0 Å². The first-order chi connectivity index (χ1) is 39.7. The van der Waals surface area contributed by atoms with Crippen LogP contribution in [0.3, 0.4) is 0 Å². The molecule has 13 aromatic rings. The van der Waals surface area contributed by atoms with Crippen LogP contribution in [0.2, 0.25) is 0 Å². The zero-order chi connectivity index (χ0) is 52.4. The van der Waals surface area contributed by atoms with Crippen LogP contribution in [-0.4, -0.2) is 42.4 Å². The van der Waals surface area contributed by atoms with Gasteiger partial charge in [0.1, 0.15) is 0 Å². The Kier molecular flexibility index (Phi) is 10.4. The van der Waals surface area contributed by atoms with Crippen molar-refractivity contribution >= 4 is 160 Å². The van der Waals surface area contributed by atoms with Crippen LogP contribution in [0, 0.1) is 0 Å². The predicted octanol–water partition coefficient (Wildman–Crippen LogP) is 13.9. The zero-order valence-electron chi connectivity index (χ0n) is 43.0. The number of fused-ring (bicyclic) bond motifs is 12. The molecule has 0 spiro atoms. The van der Waals surface area contributed by atoms with Gasteiger partial charge in [-0.1, -0.05) is 0 Å². The minimum atomic E-state index is -0.0646. The molecule has 374 valence electrons. The summed E-state index contributed by atoms with van der Waals surface area (Å²) >= 11 is 0.0234. The van der Waals surface area contributed by atoms with Gasteiger partial charge in [-0.2, -0.15) is 0 Å². The number of anilines is 12. The Balaban J connectivity index is 1.01. The number of rotatable bonds is 8. The molecule has 0 atom stereocenters. The van der Waals surface area contributed by atoms with Crippen LogP contribution in [0.25, 0.3) is 19.3 Å². The Morgan fingerprint density at radius 1 is 0.275 bits per heavy atom. The first-order valence-corrected chi connectivity index (χ1v) is 30.6. The van der Waals surface area contributed by atoms with E-state index in [-0.39, 0.29) is 42.4 Å². The van der Waals surface area contributed by atoms with E-state index in [9.17, 15) is 0 Å². The van der Waals surface area contributed by atoms with Crippen molar-refractivity contribution in [1.29, 1.82) is 0 Å². The summed E-state index contributed by atoms with van der Waals surface area (Å²) in [4.78, 5) is 10.2. The maximum atomic E-state index is 7.00. The van der Waals surface area contributed by atoms with Crippen LogP contribution < -0.4 is 59.6 Å². The van der Waals surface area contributed by atoms with Gasteiger partial charge in [0.2, 0.25) is 0 Å². The molecular weight excluding hydrogens is 1110 g/mol. The molecule has 17 rings (SSSR count). The number of nitrogens with zero attached hydrogens (tertiary/aromatic N) is 4. The fourth-order valence-corrected chi connectivity index (χ4v) is 18.6. The van der Waals surface area contributed by atoms with E-state index in [0.717, 1.165) is 79.9 Å². The predicted molar refractivity (Wildman–Crippen MR) is 336 cm³/mol. The number of hydrogen-bond donors (Lipinski definition) is 0. The molecule has 0 radical (unpaired) electrons. The maximum absolute atomic E-state index is 7.00. The van der Waals surface area contributed by atoms with Crippen molar-refractivity contribution in [3.63, 3.8) is 0 Å². The van der Waals surface area contributed by atoms with Gasteiger partial charge >= 0.3 is 479 Å². The number of para-hydroxylation sites is 6. The van der Waals surface area contributed by atoms with E-state index in [4.69, 9.17) is 9.47 Å². The molecule has 0 saturated heterocycles. The van der Waals surface area contributed by atoms with Crippen LogP contribution in [0.1, 0.15) is 0 Å². The molecule has 0 fully saturated rings. The van der Waals surface area contributed by atoms with E-state index in [1.807, 2.05) is 60.7 Å². The first kappa shape index (κ1) is 45.8. The van der Waals surface area contributed by atoms with Crippen molar-refractivity contribution < 1.29 is 9.47 Å². The van der Waals surface area contributed by atoms with Gasteiger partial charge in [-0.25, -0.2) is 0 Å². The van der Waals surface area contributed by atoms with E-state index in [1.54, 1.807) is 0 Å². The monoisotopic (exact) mass is 1150 g/mol.